The van der Waals surface area contributed by atoms with Crippen molar-refractivity contribution in [2.24, 2.45) is 5.73 Å². The molecular formula is C10H18N2S. The zero-order chi connectivity index (χ0) is 9.84. The summed E-state index contributed by atoms with van der Waals surface area (Å²) in [5.41, 5.74) is 6.91. The fourth-order valence-electron chi connectivity index (χ4n) is 1.23. The topological polar surface area (TPSA) is 38.9 Å². The van der Waals surface area contributed by atoms with Gasteiger partial charge in [0.25, 0.3) is 0 Å². The highest BCUT2D eigenvalue weighted by Gasteiger charge is 2.06. The normalized spacial score (nSPS) is 13.2. The second-order valence-electron chi connectivity index (χ2n) is 3.49. The minimum absolute atomic E-state index is 0.298. The minimum atomic E-state index is 0.298. The molecule has 1 unspecified atom stereocenters. The molecule has 1 aromatic heterocycles. The SMILES string of the molecule is CCc1nc(C)c(CCC(C)N)s1. The molecule has 3 heteroatoms. The lowest BCUT2D eigenvalue weighted by atomic mass is 10.1. The molecule has 0 saturated heterocycles. The standard InChI is InChI=1S/C10H18N2S/c1-4-10-12-8(3)9(13-10)6-5-7(2)11/h7H,4-6,11H2,1-3H3. The van der Waals surface area contributed by atoms with Crippen LogP contribution in [-0.2, 0) is 12.8 Å². The van der Waals surface area contributed by atoms with Crippen molar-refractivity contribution in [1.82, 2.24) is 4.98 Å². The number of aryl methyl sites for hydroxylation is 3. The molecule has 0 saturated carbocycles. The Labute approximate surface area is 84.2 Å². The third-order valence-corrected chi connectivity index (χ3v) is 3.43. The first kappa shape index (κ1) is 10.7. The lowest BCUT2D eigenvalue weighted by molar-refractivity contribution is 0.668. The van der Waals surface area contributed by atoms with E-state index in [1.807, 2.05) is 11.3 Å². The maximum Gasteiger partial charge on any atom is 0.0928 e. The smallest absolute Gasteiger partial charge is 0.0928 e. The quantitative estimate of drug-likeness (QED) is 0.806. The van der Waals surface area contributed by atoms with Gasteiger partial charge in [-0.2, -0.15) is 0 Å². The maximum atomic E-state index is 5.71. The second-order valence-corrected chi connectivity index (χ2v) is 4.65. The van der Waals surface area contributed by atoms with Crippen LogP contribution in [0, 0.1) is 6.92 Å². The van der Waals surface area contributed by atoms with Crippen LogP contribution in [0.2, 0.25) is 0 Å². The van der Waals surface area contributed by atoms with Crippen molar-refractivity contribution in [1.29, 1.82) is 0 Å². The lowest BCUT2D eigenvalue weighted by Gasteiger charge is -2.02. The molecule has 2 nitrogen and oxygen atoms in total. The number of nitrogens with two attached hydrogens (primary N) is 1. The Morgan fingerprint density at radius 2 is 2.23 bits per heavy atom. The number of rotatable bonds is 4. The second kappa shape index (κ2) is 4.72. The van der Waals surface area contributed by atoms with Crippen LogP contribution in [0.1, 0.15) is 35.8 Å². The van der Waals surface area contributed by atoms with Crippen LogP contribution >= 0.6 is 11.3 Å². The first-order valence-corrected chi connectivity index (χ1v) is 5.66. The van der Waals surface area contributed by atoms with Crippen molar-refractivity contribution in [3.05, 3.63) is 15.6 Å². The van der Waals surface area contributed by atoms with E-state index in [2.05, 4.69) is 25.8 Å². The van der Waals surface area contributed by atoms with E-state index in [0.717, 1.165) is 19.3 Å². The van der Waals surface area contributed by atoms with Gasteiger partial charge in [-0.3, -0.25) is 0 Å². The zero-order valence-electron chi connectivity index (χ0n) is 8.63. The average Bonchev–Trinajstić information content (AvgIpc) is 2.43. The van der Waals surface area contributed by atoms with E-state index >= 15 is 0 Å². The molecule has 0 spiro atoms. The molecule has 1 rings (SSSR count). The molecule has 0 aliphatic rings. The summed E-state index contributed by atoms with van der Waals surface area (Å²) in [5, 5.41) is 1.25. The van der Waals surface area contributed by atoms with Crippen LogP contribution < -0.4 is 5.73 Å². The van der Waals surface area contributed by atoms with E-state index in [-0.39, 0.29) is 0 Å². The molecular weight excluding hydrogens is 180 g/mol. The zero-order valence-corrected chi connectivity index (χ0v) is 9.45. The van der Waals surface area contributed by atoms with E-state index in [9.17, 15) is 0 Å². The predicted octanol–water partition coefficient (Wildman–Crippen LogP) is 2.29. The molecule has 0 amide bonds. The Morgan fingerprint density at radius 3 is 2.69 bits per heavy atom. The largest absolute Gasteiger partial charge is 0.328 e. The van der Waals surface area contributed by atoms with Crippen molar-refractivity contribution < 1.29 is 0 Å². The Kier molecular flexibility index (Phi) is 3.88. The van der Waals surface area contributed by atoms with Crippen molar-refractivity contribution in [3.8, 4) is 0 Å². The highest BCUT2D eigenvalue weighted by molar-refractivity contribution is 7.11. The van der Waals surface area contributed by atoms with Gasteiger partial charge < -0.3 is 5.73 Å². The van der Waals surface area contributed by atoms with Gasteiger partial charge in [-0.15, -0.1) is 11.3 Å². The van der Waals surface area contributed by atoms with Gasteiger partial charge in [0.2, 0.25) is 0 Å². The van der Waals surface area contributed by atoms with Gasteiger partial charge in [0.15, 0.2) is 0 Å². The summed E-state index contributed by atoms with van der Waals surface area (Å²) in [5.74, 6) is 0. The molecule has 1 aromatic rings. The van der Waals surface area contributed by atoms with Crippen LogP contribution in [0.5, 0.6) is 0 Å². The summed E-state index contributed by atoms with van der Waals surface area (Å²) in [6.07, 6.45) is 3.19. The summed E-state index contributed by atoms with van der Waals surface area (Å²) >= 11 is 1.83. The third kappa shape index (κ3) is 3.08. The third-order valence-electron chi connectivity index (χ3n) is 2.07. The number of aromatic nitrogens is 1. The first-order valence-electron chi connectivity index (χ1n) is 4.84. The molecule has 0 radical (unpaired) electrons. The number of hydrogen-bond acceptors (Lipinski definition) is 3. The fraction of sp³-hybridized carbons (Fsp3) is 0.700. The molecule has 1 atom stereocenters. The fourth-order valence-corrected chi connectivity index (χ4v) is 2.25. The van der Waals surface area contributed by atoms with E-state index in [1.54, 1.807) is 0 Å². The number of thiazole rings is 1. The molecule has 0 fully saturated rings. The molecule has 0 bridgehead atoms. The van der Waals surface area contributed by atoms with Gasteiger partial charge in [-0.1, -0.05) is 6.92 Å². The van der Waals surface area contributed by atoms with E-state index in [0.29, 0.717) is 6.04 Å². The molecule has 2 N–H and O–H groups in total. The maximum absolute atomic E-state index is 5.71. The minimum Gasteiger partial charge on any atom is -0.328 e. The van der Waals surface area contributed by atoms with E-state index in [4.69, 9.17) is 5.73 Å². The van der Waals surface area contributed by atoms with Crippen molar-refractivity contribution >= 4 is 11.3 Å². The van der Waals surface area contributed by atoms with Crippen molar-refractivity contribution in [3.63, 3.8) is 0 Å². The highest BCUT2D eigenvalue weighted by Crippen LogP contribution is 2.20. The summed E-state index contributed by atoms with van der Waals surface area (Å²) in [6.45, 7) is 6.29. The van der Waals surface area contributed by atoms with Gasteiger partial charge >= 0.3 is 0 Å². The first-order chi connectivity index (χ1) is 6.13. The Hall–Kier alpha value is -0.410. The average molecular weight is 198 g/mol. The highest BCUT2D eigenvalue weighted by atomic mass is 32.1. The summed E-state index contributed by atoms with van der Waals surface area (Å²) < 4.78 is 0. The summed E-state index contributed by atoms with van der Waals surface area (Å²) in [6, 6.07) is 0.298. The van der Waals surface area contributed by atoms with Gasteiger partial charge in [-0.25, -0.2) is 4.98 Å². The van der Waals surface area contributed by atoms with Crippen LogP contribution in [0.25, 0.3) is 0 Å². The number of hydrogen-bond donors (Lipinski definition) is 1. The molecule has 0 aromatic carbocycles. The van der Waals surface area contributed by atoms with Crippen molar-refractivity contribution in [2.75, 3.05) is 0 Å². The molecule has 74 valence electrons. The Bertz CT molecular complexity index is 266. The monoisotopic (exact) mass is 198 g/mol. The lowest BCUT2D eigenvalue weighted by Crippen LogP contribution is -2.15. The van der Waals surface area contributed by atoms with Crippen LogP contribution in [0.4, 0.5) is 0 Å². The van der Waals surface area contributed by atoms with Crippen LogP contribution in [0.3, 0.4) is 0 Å². The van der Waals surface area contributed by atoms with Crippen molar-refractivity contribution in [2.45, 2.75) is 46.1 Å². The summed E-state index contributed by atoms with van der Waals surface area (Å²) in [4.78, 5) is 5.90. The molecule has 13 heavy (non-hydrogen) atoms. The molecule has 0 aliphatic carbocycles. The van der Waals surface area contributed by atoms with Gasteiger partial charge in [0, 0.05) is 10.9 Å². The molecule has 1 heterocycles. The van der Waals surface area contributed by atoms with E-state index < -0.39 is 0 Å². The Morgan fingerprint density at radius 1 is 1.54 bits per heavy atom. The van der Waals surface area contributed by atoms with E-state index in [1.165, 1.54) is 15.6 Å². The van der Waals surface area contributed by atoms with Crippen LogP contribution in [-0.4, -0.2) is 11.0 Å². The van der Waals surface area contributed by atoms with Gasteiger partial charge in [0.05, 0.1) is 10.7 Å². The van der Waals surface area contributed by atoms with Gasteiger partial charge in [0.1, 0.15) is 0 Å². The molecule has 0 aliphatic heterocycles. The van der Waals surface area contributed by atoms with Gasteiger partial charge in [-0.05, 0) is 33.1 Å². The van der Waals surface area contributed by atoms with Crippen LogP contribution in [0.15, 0.2) is 0 Å². The predicted molar refractivity (Wildman–Crippen MR) is 58.2 cm³/mol. The summed E-state index contributed by atoms with van der Waals surface area (Å²) in [7, 11) is 0. The number of nitrogens with zero attached hydrogens (tertiary/aromatic N) is 1. The Balaban J connectivity index is 2.60.